The van der Waals surface area contributed by atoms with E-state index in [-0.39, 0.29) is 12.8 Å². The summed E-state index contributed by atoms with van der Waals surface area (Å²) in [7, 11) is 1.64. The fourth-order valence-electron chi connectivity index (χ4n) is 3.56. The molecule has 0 saturated heterocycles. The first-order valence-corrected chi connectivity index (χ1v) is 10.7. The molecular formula is C26H28N2O4. The molecule has 1 heterocycles. The van der Waals surface area contributed by atoms with Crippen LogP contribution >= 0.6 is 0 Å². The monoisotopic (exact) mass is 432 g/mol. The number of benzene rings is 3. The van der Waals surface area contributed by atoms with E-state index in [1.165, 1.54) is 5.56 Å². The highest BCUT2D eigenvalue weighted by Crippen LogP contribution is 2.33. The molecule has 6 heteroatoms. The van der Waals surface area contributed by atoms with Gasteiger partial charge in [-0.1, -0.05) is 44.2 Å². The van der Waals surface area contributed by atoms with E-state index in [0.29, 0.717) is 24.8 Å². The minimum Gasteiger partial charge on any atom is -0.497 e. The van der Waals surface area contributed by atoms with E-state index in [1.807, 2.05) is 66.7 Å². The molecule has 6 nitrogen and oxygen atoms in total. The van der Waals surface area contributed by atoms with Crippen molar-refractivity contribution < 1.29 is 19.0 Å². The summed E-state index contributed by atoms with van der Waals surface area (Å²) < 4.78 is 16.1. The number of hydrogen-bond acceptors (Lipinski definition) is 4. The number of anilines is 1. The molecule has 1 aliphatic rings. The van der Waals surface area contributed by atoms with Gasteiger partial charge in [-0.05, 0) is 59.0 Å². The molecule has 2 amide bonds. The third kappa shape index (κ3) is 5.14. The molecule has 1 aliphatic heterocycles. The highest BCUT2D eigenvalue weighted by Gasteiger charge is 2.18. The van der Waals surface area contributed by atoms with Gasteiger partial charge in [-0.15, -0.1) is 0 Å². The van der Waals surface area contributed by atoms with Crippen LogP contribution < -0.4 is 19.5 Å². The fourth-order valence-corrected chi connectivity index (χ4v) is 3.56. The average molecular weight is 433 g/mol. The van der Waals surface area contributed by atoms with Crippen LogP contribution in [0.2, 0.25) is 0 Å². The van der Waals surface area contributed by atoms with E-state index in [0.717, 1.165) is 28.3 Å². The molecule has 0 saturated carbocycles. The summed E-state index contributed by atoms with van der Waals surface area (Å²) >= 11 is 0. The molecule has 0 spiro atoms. The maximum atomic E-state index is 13.2. The van der Waals surface area contributed by atoms with Gasteiger partial charge in [0.1, 0.15) is 5.75 Å². The molecule has 0 fully saturated rings. The molecule has 0 bridgehead atoms. The van der Waals surface area contributed by atoms with Gasteiger partial charge in [-0.3, -0.25) is 0 Å². The zero-order valence-electron chi connectivity index (χ0n) is 18.6. The Balaban J connectivity index is 1.53. The number of amides is 2. The molecule has 1 N–H and O–H groups in total. The van der Waals surface area contributed by atoms with Crippen LogP contribution in [0.15, 0.2) is 66.7 Å². The second-order valence-corrected chi connectivity index (χ2v) is 8.10. The topological polar surface area (TPSA) is 60.0 Å². The van der Waals surface area contributed by atoms with Crippen molar-refractivity contribution >= 4 is 11.7 Å². The predicted octanol–water partition coefficient (Wildman–Crippen LogP) is 5.78. The Hall–Kier alpha value is -3.67. The Morgan fingerprint density at radius 3 is 2.28 bits per heavy atom. The van der Waals surface area contributed by atoms with E-state index in [9.17, 15) is 4.79 Å². The summed E-state index contributed by atoms with van der Waals surface area (Å²) in [5, 5.41) is 3.03. The van der Waals surface area contributed by atoms with Crippen LogP contribution in [0.5, 0.6) is 17.2 Å². The average Bonchev–Trinajstić information content (AvgIpc) is 3.27. The molecule has 3 aromatic rings. The number of nitrogens with zero attached hydrogens (tertiary/aromatic N) is 1. The van der Waals surface area contributed by atoms with Gasteiger partial charge in [0.25, 0.3) is 0 Å². The molecule has 32 heavy (non-hydrogen) atoms. The molecule has 0 unspecified atom stereocenters. The Labute approximate surface area is 188 Å². The Bertz CT molecular complexity index is 1060. The van der Waals surface area contributed by atoms with E-state index >= 15 is 0 Å². The number of fused-ring (bicyclic) bond motifs is 1. The maximum absolute atomic E-state index is 13.2. The van der Waals surface area contributed by atoms with Crippen LogP contribution in [0, 0.1) is 0 Å². The Morgan fingerprint density at radius 1 is 0.938 bits per heavy atom. The second kappa shape index (κ2) is 9.64. The van der Waals surface area contributed by atoms with E-state index in [2.05, 4.69) is 19.2 Å². The molecule has 0 aromatic heterocycles. The van der Waals surface area contributed by atoms with E-state index in [4.69, 9.17) is 14.2 Å². The van der Waals surface area contributed by atoms with E-state index < -0.39 is 0 Å². The van der Waals surface area contributed by atoms with Crippen molar-refractivity contribution in [3.8, 4) is 17.2 Å². The van der Waals surface area contributed by atoms with Crippen LogP contribution in [0.1, 0.15) is 36.5 Å². The largest absolute Gasteiger partial charge is 0.497 e. The van der Waals surface area contributed by atoms with Gasteiger partial charge < -0.3 is 24.4 Å². The maximum Gasteiger partial charge on any atom is 0.322 e. The van der Waals surface area contributed by atoms with Gasteiger partial charge in [0.05, 0.1) is 7.11 Å². The number of ether oxygens (including phenoxy) is 3. The SMILES string of the molecule is COc1ccc(CN(Cc2ccc3c(c2)OCO3)C(=O)Nc2ccc(C(C)C)cc2)cc1. The first-order chi connectivity index (χ1) is 15.5. The van der Waals surface area contributed by atoms with Crippen molar-refractivity contribution in [2.45, 2.75) is 32.9 Å². The molecule has 0 radical (unpaired) electrons. The lowest BCUT2D eigenvalue weighted by Gasteiger charge is -2.24. The van der Waals surface area contributed by atoms with Crippen molar-refractivity contribution in [1.29, 1.82) is 0 Å². The summed E-state index contributed by atoms with van der Waals surface area (Å²) in [6.45, 7) is 5.40. The number of carbonyl (C=O) groups is 1. The van der Waals surface area contributed by atoms with Crippen molar-refractivity contribution in [3.05, 3.63) is 83.4 Å². The molecule has 0 aliphatic carbocycles. The summed E-state index contributed by atoms with van der Waals surface area (Å²) in [6.07, 6.45) is 0. The summed E-state index contributed by atoms with van der Waals surface area (Å²) in [5.41, 5.74) is 3.98. The number of hydrogen-bond donors (Lipinski definition) is 1. The van der Waals surface area contributed by atoms with Crippen LogP contribution in [0.25, 0.3) is 0 Å². The van der Waals surface area contributed by atoms with Gasteiger partial charge in [0, 0.05) is 18.8 Å². The zero-order valence-corrected chi connectivity index (χ0v) is 18.6. The molecular weight excluding hydrogens is 404 g/mol. The van der Waals surface area contributed by atoms with Crippen molar-refractivity contribution in [2.24, 2.45) is 0 Å². The summed E-state index contributed by atoms with van der Waals surface area (Å²) in [4.78, 5) is 15.0. The molecule has 4 rings (SSSR count). The number of nitrogens with one attached hydrogen (secondary N) is 1. The number of methoxy groups -OCH3 is 1. The first-order valence-electron chi connectivity index (χ1n) is 10.7. The standard InChI is InChI=1S/C26H28N2O4/c1-18(2)21-7-9-22(10-8-21)27-26(29)28(15-19-4-11-23(30-3)12-5-19)16-20-6-13-24-25(14-20)32-17-31-24/h4-14,18H,15-17H2,1-3H3,(H,27,29). The van der Waals surface area contributed by atoms with E-state index in [1.54, 1.807) is 12.0 Å². The third-order valence-corrected chi connectivity index (χ3v) is 5.46. The number of carbonyl (C=O) groups excluding carboxylic acids is 1. The lowest BCUT2D eigenvalue weighted by Crippen LogP contribution is -2.34. The van der Waals surface area contributed by atoms with Crippen molar-refractivity contribution in [3.63, 3.8) is 0 Å². The summed E-state index contributed by atoms with van der Waals surface area (Å²) in [6, 6.07) is 21.3. The highest BCUT2D eigenvalue weighted by atomic mass is 16.7. The van der Waals surface area contributed by atoms with Crippen LogP contribution in [0.3, 0.4) is 0 Å². The fraction of sp³-hybridized carbons (Fsp3) is 0.269. The zero-order chi connectivity index (χ0) is 22.5. The lowest BCUT2D eigenvalue weighted by molar-refractivity contribution is 0.174. The smallest absolute Gasteiger partial charge is 0.322 e. The predicted molar refractivity (Wildman–Crippen MR) is 124 cm³/mol. The normalized spacial score (nSPS) is 12.0. The number of urea groups is 1. The van der Waals surface area contributed by atoms with Crippen molar-refractivity contribution in [1.82, 2.24) is 4.90 Å². The molecule has 3 aromatic carbocycles. The second-order valence-electron chi connectivity index (χ2n) is 8.10. The highest BCUT2D eigenvalue weighted by molar-refractivity contribution is 5.89. The van der Waals surface area contributed by atoms with Crippen molar-refractivity contribution in [2.75, 3.05) is 19.2 Å². The molecule has 0 atom stereocenters. The lowest BCUT2D eigenvalue weighted by atomic mass is 10.0. The Kier molecular flexibility index (Phi) is 6.50. The van der Waals surface area contributed by atoms with Gasteiger partial charge >= 0.3 is 6.03 Å². The van der Waals surface area contributed by atoms with Crippen LogP contribution in [-0.2, 0) is 13.1 Å². The van der Waals surface area contributed by atoms with Gasteiger partial charge in [0.15, 0.2) is 11.5 Å². The minimum atomic E-state index is -0.171. The number of rotatable bonds is 7. The van der Waals surface area contributed by atoms with Gasteiger partial charge in [-0.25, -0.2) is 4.79 Å². The minimum absolute atomic E-state index is 0.171. The Morgan fingerprint density at radius 2 is 1.59 bits per heavy atom. The quantitative estimate of drug-likeness (QED) is 0.514. The van der Waals surface area contributed by atoms with Gasteiger partial charge in [0.2, 0.25) is 6.79 Å². The molecule has 166 valence electrons. The summed E-state index contributed by atoms with van der Waals surface area (Å²) in [5.74, 6) is 2.66. The third-order valence-electron chi connectivity index (χ3n) is 5.46. The van der Waals surface area contributed by atoms with Crippen LogP contribution in [0.4, 0.5) is 10.5 Å². The van der Waals surface area contributed by atoms with Crippen LogP contribution in [-0.4, -0.2) is 24.8 Å². The first kappa shape index (κ1) is 21.6. The van der Waals surface area contributed by atoms with Gasteiger partial charge in [-0.2, -0.15) is 0 Å².